The number of nitrogens with zero attached hydrogens (tertiary/aromatic N) is 2. The summed E-state index contributed by atoms with van der Waals surface area (Å²) in [4.78, 5) is 16.9. The van der Waals surface area contributed by atoms with E-state index in [2.05, 4.69) is 10.3 Å². The zero-order chi connectivity index (χ0) is 22.9. The highest BCUT2D eigenvalue weighted by atomic mass is 32.2. The van der Waals surface area contributed by atoms with Crippen LogP contribution in [0.1, 0.15) is 30.1 Å². The molecule has 0 spiro atoms. The number of amides is 1. The maximum absolute atomic E-state index is 13.9. The van der Waals surface area contributed by atoms with Crippen molar-refractivity contribution >= 4 is 32.4 Å². The summed E-state index contributed by atoms with van der Waals surface area (Å²) in [6.07, 6.45) is 1.84. The van der Waals surface area contributed by atoms with Crippen molar-refractivity contribution < 1.29 is 22.0 Å². The van der Waals surface area contributed by atoms with Crippen LogP contribution in [0.15, 0.2) is 52.7 Å². The van der Waals surface area contributed by atoms with Gasteiger partial charge in [-0.1, -0.05) is 6.92 Å². The minimum absolute atomic E-state index is 0.129. The maximum Gasteiger partial charge on any atom is 0.257 e. The lowest BCUT2D eigenvalue weighted by atomic mass is 10.0. The lowest BCUT2D eigenvalue weighted by Crippen LogP contribution is -2.39. The molecule has 3 aromatic rings. The van der Waals surface area contributed by atoms with Gasteiger partial charge >= 0.3 is 0 Å². The smallest absolute Gasteiger partial charge is 0.257 e. The van der Waals surface area contributed by atoms with E-state index in [0.29, 0.717) is 19.0 Å². The number of nitrogens with one attached hydrogen (secondary N) is 1. The SMILES string of the molecule is CC1CCCN(S(=O)(=O)c2ccc(C(=O)Nc3nc(-c4ccc(F)cc4F)cs3)cc2)C1. The lowest BCUT2D eigenvalue weighted by Gasteiger charge is -2.30. The van der Waals surface area contributed by atoms with Gasteiger partial charge in [0.1, 0.15) is 11.6 Å². The summed E-state index contributed by atoms with van der Waals surface area (Å²) >= 11 is 1.10. The summed E-state index contributed by atoms with van der Waals surface area (Å²) in [6, 6.07) is 8.93. The second-order valence-electron chi connectivity index (χ2n) is 7.75. The van der Waals surface area contributed by atoms with Crippen molar-refractivity contribution in [3.8, 4) is 11.3 Å². The Hall–Kier alpha value is -2.69. The Morgan fingerprint density at radius 3 is 2.62 bits per heavy atom. The summed E-state index contributed by atoms with van der Waals surface area (Å²) in [7, 11) is -3.60. The van der Waals surface area contributed by atoms with Gasteiger partial charge in [-0.2, -0.15) is 4.31 Å². The number of thiazole rings is 1. The molecule has 10 heteroatoms. The molecule has 1 atom stereocenters. The van der Waals surface area contributed by atoms with Crippen molar-refractivity contribution in [2.45, 2.75) is 24.7 Å². The standard InChI is InChI=1S/C22H21F2N3O3S2/c1-14-3-2-10-27(12-14)32(29,30)17-7-4-15(5-8-17)21(28)26-22-25-20(13-31-22)18-9-6-16(23)11-19(18)24/h4-9,11,13-14H,2-3,10,12H2,1H3,(H,25,26,28). The molecule has 1 saturated heterocycles. The van der Waals surface area contributed by atoms with Crippen LogP contribution in [0, 0.1) is 17.6 Å². The summed E-state index contributed by atoms with van der Waals surface area (Å²) in [5.74, 6) is -1.58. The van der Waals surface area contributed by atoms with Crippen LogP contribution >= 0.6 is 11.3 Å². The van der Waals surface area contributed by atoms with E-state index >= 15 is 0 Å². The number of aromatic nitrogens is 1. The van der Waals surface area contributed by atoms with Gasteiger partial charge in [0, 0.05) is 35.7 Å². The van der Waals surface area contributed by atoms with Crippen LogP contribution < -0.4 is 5.32 Å². The van der Waals surface area contributed by atoms with Crippen molar-refractivity contribution in [3.63, 3.8) is 0 Å². The topological polar surface area (TPSA) is 79.4 Å². The third kappa shape index (κ3) is 4.72. The van der Waals surface area contributed by atoms with Crippen LogP contribution in [0.5, 0.6) is 0 Å². The second-order valence-corrected chi connectivity index (χ2v) is 10.5. The van der Waals surface area contributed by atoms with Crippen LogP contribution in [-0.4, -0.2) is 36.7 Å². The molecule has 32 heavy (non-hydrogen) atoms. The molecule has 0 saturated carbocycles. The molecule has 4 rings (SSSR count). The molecule has 0 aliphatic carbocycles. The van der Waals surface area contributed by atoms with Gasteiger partial charge in [-0.05, 0) is 55.2 Å². The van der Waals surface area contributed by atoms with E-state index in [-0.39, 0.29) is 26.8 Å². The molecule has 1 N–H and O–H groups in total. The van der Waals surface area contributed by atoms with Crippen LogP contribution in [0.3, 0.4) is 0 Å². The molecule has 1 aliphatic heterocycles. The first-order valence-corrected chi connectivity index (χ1v) is 12.4. The first kappa shape index (κ1) is 22.5. The van der Waals surface area contributed by atoms with E-state index < -0.39 is 27.6 Å². The van der Waals surface area contributed by atoms with Crippen molar-refractivity contribution in [1.82, 2.24) is 9.29 Å². The van der Waals surface area contributed by atoms with E-state index in [9.17, 15) is 22.0 Å². The zero-order valence-corrected chi connectivity index (χ0v) is 18.8. The Balaban J connectivity index is 1.46. The predicted octanol–water partition coefficient (Wildman–Crippen LogP) is 4.76. The highest BCUT2D eigenvalue weighted by molar-refractivity contribution is 7.89. The maximum atomic E-state index is 13.9. The lowest BCUT2D eigenvalue weighted by molar-refractivity contribution is 0.102. The normalized spacial score (nSPS) is 17.3. The minimum Gasteiger partial charge on any atom is -0.298 e. The van der Waals surface area contributed by atoms with Crippen LogP contribution in [0.4, 0.5) is 13.9 Å². The summed E-state index contributed by atoms with van der Waals surface area (Å²) in [5, 5.41) is 4.42. The molecule has 1 fully saturated rings. The average Bonchev–Trinajstić information content (AvgIpc) is 3.22. The molecule has 1 aromatic heterocycles. The van der Waals surface area contributed by atoms with E-state index in [1.165, 1.54) is 34.6 Å². The Kier molecular flexibility index (Phi) is 6.36. The summed E-state index contributed by atoms with van der Waals surface area (Å²) in [6.45, 7) is 3.02. The minimum atomic E-state index is -3.60. The van der Waals surface area contributed by atoms with Crippen molar-refractivity contribution in [3.05, 3.63) is 65.0 Å². The number of piperidine rings is 1. The second kappa shape index (κ2) is 9.05. The first-order valence-electron chi connectivity index (χ1n) is 10.1. The number of carbonyl (C=O) groups is 1. The molecule has 1 unspecified atom stereocenters. The number of halogens is 2. The fourth-order valence-electron chi connectivity index (χ4n) is 3.61. The van der Waals surface area contributed by atoms with Crippen LogP contribution in [0.25, 0.3) is 11.3 Å². The number of anilines is 1. The van der Waals surface area contributed by atoms with Gasteiger partial charge in [-0.3, -0.25) is 10.1 Å². The van der Waals surface area contributed by atoms with Gasteiger partial charge in [-0.25, -0.2) is 22.2 Å². The molecule has 6 nitrogen and oxygen atoms in total. The zero-order valence-electron chi connectivity index (χ0n) is 17.2. The molecule has 0 radical (unpaired) electrons. The number of hydrogen-bond donors (Lipinski definition) is 1. The van der Waals surface area contributed by atoms with Gasteiger partial charge in [0.15, 0.2) is 5.13 Å². The largest absolute Gasteiger partial charge is 0.298 e. The van der Waals surface area contributed by atoms with Gasteiger partial charge in [0.2, 0.25) is 10.0 Å². The third-order valence-corrected chi connectivity index (χ3v) is 7.94. The van der Waals surface area contributed by atoms with Crippen molar-refractivity contribution in [2.75, 3.05) is 18.4 Å². The molecule has 2 heterocycles. The number of carbonyl (C=O) groups excluding carboxylic acids is 1. The highest BCUT2D eigenvalue weighted by Crippen LogP contribution is 2.28. The summed E-state index contributed by atoms with van der Waals surface area (Å²) < 4.78 is 54.2. The Morgan fingerprint density at radius 2 is 1.94 bits per heavy atom. The van der Waals surface area contributed by atoms with E-state index in [1.54, 1.807) is 5.38 Å². The molecule has 168 valence electrons. The average molecular weight is 478 g/mol. The van der Waals surface area contributed by atoms with Gasteiger partial charge in [0.05, 0.1) is 10.6 Å². The predicted molar refractivity (Wildman–Crippen MR) is 119 cm³/mol. The monoisotopic (exact) mass is 477 g/mol. The van der Waals surface area contributed by atoms with E-state index in [1.807, 2.05) is 6.92 Å². The number of sulfonamides is 1. The Morgan fingerprint density at radius 1 is 1.19 bits per heavy atom. The van der Waals surface area contributed by atoms with Crippen molar-refractivity contribution in [1.29, 1.82) is 0 Å². The van der Waals surface area contributed by atoms with Gasteiger partial charge in [-0.15, -0.1) is 11.3 Å². The van der Waals surface area contributed by atoms with Crippen LogP contribution in [-0.2, 0) is 10.0 Å². The Bertz CT molecular complexity index is 1240. The number of benzene rings is 2. The van der Waals surface area contributed by atoms with Crippen LogP contribution in [0.2, 0.25) is 0 Å². The number of rotatable bonds is 5. The van der Waals surface area contributed by atoms with E-state index in [4.69, 9.17) is 0 Å². The quantitative estimate of drug-likeness (QED) is 0.575. The third-order valence-electron chi connectivity index (χ3n) is 5.31. The first-order chi connectivity index (χ1) is 15.2. The fourth-order valence-corrected chi connectivity index (χ4v) is 5.92. The van der Waals surface area contributed by atoms with Crippen molar-refractivity contribution in [2.24, 2.45) is 5.92 Å². The fraction of sp³-hybridized carbons (Fsp3) is 0.273. The molecule has 1 aliphatic rings. The molecular weight excluding hydrogens is 456 g/mol. The van der Waals surface area contributed by atoms with Gasteiger partial charge < -0.3 is 0 Å². The van der Waals surface area contributed by atoms with Gasteiger partial charge in [0.25, 0.3) is 5.91 Å². The molecule has 2 aromatic carbocycles. The molecule has 1 amide bonds. The Labute approximate surface area is 189 Å². The van der Waals surface area contributed by atoms with E-state index in [0.717, 1.165) is 36.3 Å². The molecular formula is C22H21F2N3O3S2. The molecule has 0 bridgehead atoms. The highest BCUT2D eigenvalue weighted by Gasteiger charge is 2.28. The number of hydrogen-bond acceptors (Lipinski definition) is 5. The summed E-state index contributed by atoms with van der Waals surface area (Å²) in [5.41, 5.74) is 0.672.